The maximum Gasteiger partial charge on any atom is 0.279 e. The minimum absolute atomic E-state index is 0.0590. The number of nitrogens with one attached hydrogen (secondary N) is 1. The Bertz CT molecular complexity index is 823. The van der Waals surface area contributed by atoms with E-state index in [9.17, 15) is 4.79 Å². The molecule has 0 saturated carbocycles. The summed E-state index contributed by atoms with van der Waals surface area (Å²) in [7, 11) is 0. The molecule has 4 heteroatoms. The Hall–Kier alpha value is -2.64. The number of benzene rings is 2. The van der Waals surface area contributed by atoms with E-state index in [4.69, 9.17) is 5.26 Å². The third-order valence-corrected chi connectivity index (χ3v) is 5.53. The average Bonchev–Trinajstić information content (AvgIpc) is 2.66. The number of hydrogen-bond donors (Lipinski definition) is 1. The monoisotopic (exact) mass is 362 g/mol. The summed E-state index contributed by atoms with van der Waals surface area (Å²) in [5, 5.41) is 12.2. The van der Waals surface area contributed by atoms with E-state index in [2.05, 4.69) is 35.7 Å². The highest BCUT2D eigenvalue weighted by Crippen LogP contribution is 2.25. The molecule has 0 spiro atoms. The SMILES string of the molecule is Cc1cc(C#N)cc(C)c1NC(=O)C[N+]1(Cc2ccccc2)CCCCC1. The molecule has 0 aromatic heterocycles. The van der Waals surface area contributed by atoms with E-state index in [0.717, 1.165) is 40.9 Å². The van der Waals surface area contributed by atoms with Crippen molar-refractivity contribution in [1.29, 1.82) is 5.26 Å². The largest absolute Gasteiger partial charge is 0.321 e. The molecule has 0 bridgehead atoms. The topological polar surface area (TPSA) is 52.9 Å². The van der Waals surface area contributed by atoms with Gasteiger partial charge in [0, 0.05) is 11.3 Å². The molecular formula is C23H28N3O+. The minimum Gasteiger partial charge on any atom is -0.321 e. The molecule has 4 nitrogen and oxygen atoms in total. The quantitative estimate of drug-likeness (QED) is 0.806. The van der Waals surface area contributed by atoms with Crippen molar-refractivity contribution >= 4 is 11.6 Å². The molecule has 27 heavy (non-hydrogen) atoms. The van der Waals surface area contributed by atoms with E-state index in [-0.39, 0.29) is 5.91 Å². The number of carbonyl (C=O) groups is 1. The van der Waals surface area contributed by atoms with Crippen molar-refractivity contribution in [2.24, 2.45) is 0 Å². The number of rotatable bonds is 5. The first kappa shape index (κ1) is 19.1. The Morgan fingerprint density at radius 1 is 1.07 bits per heavy atom. The summed E-state index contributed by atoms with van der Waals surface area (Å²) in [6.07, 6.45) is 3.61. The molecule has 1 saturated heterocycles. The molecular weight excluding hydrogens is 334 g/mol. The van der Waals surface area contributed by atoms with E-state index in [1.54, 1.807) is 0 Å². The lowest BCUT2D eigenvalue weighted by molar-refractivity contribution is -0.937. The van der Waals surface area contributed by atoms with Gasteiger partial charge in [-0.2, -0.15) is 5.26 Å². The first-order valence-corrected chi connectivity index (χ1v) is 9.72. The summed E-state index contributed by atoms with van der Waals surface area (Å²) < 4.78 is 0.824. The zero-order valence-electron chi connectivity index (χ0n) is 16.3. The molecule has 1 heterocycles. The highest BCUT2D eigenvalue weighted by Gasteiger charge is 2.33. The summed E-state index contributed by atoms with van der Waals surface area (Å²) in [5.41, 5.74) is 4.64. The van der Waals surface area contributed by atoms with Gasteiger partial charge >= 0.3 is 0 Å². The highest BCUT2D eigenvalue weighted by molar-refractivity contribution is 5.93. The third kappa shape index (κ3) is 4.75. The van der Waals surface area contributed by atoms with Gasteiger partial charge in [-0.3, -0.25) is 4.79 Å². The molecule has 1 N–H and O–H groups in total. The molecule has 3 rings (SSSR count). The van der Waals surface area contributed by atoms with Gasteiger partial charge in [0.1, 0.15) is 6.54 Å². The van der Waals surface area contributed by atoms with Crippen molar-refractivity contribution in [3.8, 4) is 6.07 Å². The first-order valence-electron chi connectivity index (χ1n) is 9.72. The van der Waals surface area contributed by atoms with E-state index in [1.807, 2.05) is 32.0 Å². The van der Waals surface area contributed by atoms with Gasteiger partial charge in [-0.25, -0.2) is 0 Å². The minimum atomic E-state index is 0.0590. The predicted octanol–water partition coefficient (Wildman–Crippen LogP) is 4.31. The van der Waals surface area contributed by atoms with Crippen molar-refractivity contribution in [2.45, 2.75) is 39.7 Å². The summed E-state index contributed by atoms with van der Waals surface area (Å²) in [6, 6.07) is 16.3. The van der Waals surface area contributed by atoms with E-state index < -0.39 is 0 Å². The molecule has 2 aromatic carbocycles. The Morgan fingerprint density at radius 3 is 2.30 bits per heavy atom. The van der Waals surface area contributed by atoms with Gasteiger partial charge in [0.15, 0.2) is 6.54 Å². The van der Waals surface area contributed by atoms with Crippen molar-refractivity contribution < 1.29 is 9.28 Å². The maximum atomic E-state index is 12.9. The zero-order valence-corrected chi connectivity index (χ0v) is 16.3. The van der Waals surface area contributed by atoms with Gasteiger partial charge in [0.25, 0.3) is 5.91 Å². The van der Waals surface area contributed by atoms with Crippen LogP contribution in [0.25, 0.3) is 0 Å². The standard InChI is InChI=1S/C23H27N3O/c1-18-13-21(15-24)14-19(2)23(18)25-22(27)17-26(11-7-4-8-12-26)16-20-9-5-3-6-10-20/h3,5-6,9-10,13-14H,4,7-8,11-12,16-17H2,1-2H3/p+1. The lowest BCUT2D eigenvalue weighted by Crippen LogP contribution is -2.54. The maximum absolute atomic E-state index is 12.9. The number of carbonyl (C=O) groups excluding carboxylic acids is 1. The number of likely N-dealkylation sites (tertiary alicyclic amines) is 1. The van der Waals surface area contributed by atoms with Crippen LogP contribution >= 0.6 is 0 Å². The number of nitrogens with zero attached hydrogens (tertiary/aromatic N) is 2. The second-order valence-corrected chi connectivity index (χ2v) is 7.80. The Balaban J connectivity index is 1.76. The van der Waals surface area contributed by atoms with Crippen LogP contribution < -0.4 is 5.32 Å². The first-order chi connectivity index (χ1) is 13.0. The number of piperidine rings is 1. The van der Waals surface area contributed by atoms with E-state index >= 15 is 0 Å². The fourth-order valence-corrected chi connectivity index (χ4v) is 4.23. The van der Waals surface area contributed by atoms with Crippen molar-refractivity contribution in [2.75, 3.05) is 25.0 Å². The number of anilines is 1. The molecule has 2 aromatic rings. The van der Waals surface area contributed by atoms with Crippen LogP contribution in [0.5, 0.6) is 0 Å². The molecule has 0 unspecified atom stereocenters. The number of amides is 1. The number of hydrogen-bond acceptors (Lipinski definition) is 2. The Kier molecular flexibility index (Phi) is 5.93. The normalized spacial score (nSPS) is 15.7. The van der Waals surface area contributed by atoms with Crippen LogP contribution in [-0.4, -0.2) is 30.0 Å². The second kappa shape index (κ2) is 8.37. The average molecular weight is 362 g/mol. The van der Waals surface area contributed by atoms with Crippen LogP contribution in [0.2, 0.25) is 0 Å². The molecule has 0 aliphatic carbocycles. The highest BCUT2D eigenvalue weighted by atomic mass is 16.2. The number of nitriles is 1. The molecule has 140 valence electrons. The van der Waals surface area contributed by atoms with Gasteiger partial charge < -0.3 is 9.80 Å². The van der Waals surface area contributed by atoms with Crippen LogP contribution in [0.3, 0.4) is 0 Å². The molecule has 1 fully saturated rings. The van der Waals surface area contributed by atoms with Gasteiger partial charge in [-0.1, -0.05) is 30.3 Å². The fraction of sp³-hybridized carbons (Fsp3) is 0.391. The molecule has 0 radical (unpaired) electrons. The van der Waals surface area contributed by atoms with E-state index in [0.29, 0.717) is 12.1 Å². The van der Waals surface area contributed by atoms with E-state index in [1.165, 1.54) is 24.8 Å². The smallest absolute Gasteiger partial charge is 0.279 e. The third-order valence-electron chi connectivity index (χ3n) is 5.53. The van der Waals surface area contributed by atoms with Gasteiger partial charge in [-0.15, -0.1) is 0 Å². The summed E-state index contributed by atoms with van der Waals surface area (Å²) in [5.74, 6) is 0.0590. The molecule has 1 aliphatic heterocycles. The number of quaternary nitrogens is 1. The molecule has 1 aliphatic rings. The van der Waals surface area contributed by atoms with Gasteiger partial charge in [0.2, 0.25) is 0 Å². The van der Waals surface area contributed by atoms with Crippen molar-refractivity contribution in [1.82, 2.24) is 0 Å². The van der Waals surface area contributed by atoms with Crippen LogP contribution in [-0.2, 0) is 11.3 Å². The van der Waals surface area contributed by atoms with Crippen LogP contribution in [0, 0.1) is 25.2 Å². The van der Waals surface area contributed by atoms with Crippen LogP contribution in [0.1, 0.15) is 41.5 Å². The Morgan fingerprint density at radius 2 is 1.70 bits per heavy atom. The van der Waals surface area contributed by atoms with Crippen LogP contribution in [0.4, 0.5) is 5.69 Å². The Labute approximate surface area is 162 Å². The summed E-state index contributed by atoms with van der Waals surface area (Å²) >= 11 is 0. The number of aryl methyl sites for hydroxylation is 2. The lowest BCUT2D eigenvalue weighted by Gasteiger charge is -2.41. The molecule has 1 amide bonds. The van der Waals surface area contributed by atoms with Gasteiger partial charge in [-0.05, 0) is 56.4 Å². The zero-order chi connectivity index (χ0) is 19.3. The predicted molar refractivity (Wildman–Crippen MR) is 108 cm³/mol. The van der Waals surface area contributed by atoms with Crippen molar-refractivity contribution in [3.05, 3.63) is 64.7 Å². The fourth-order valence-electron chi connectivity index (χ4n) is 4.23. The summed E-state index contributed by atoms with van der Waals surface area (Å²) in [4.78, 5) is 12.9. The van der Waals surface area contributed by atoms with Crippen molar-refractivity contribution in [3.63, 3.8) is 0 Å². The lowest BCUT2D eigenvalue weighted by atomic mass is 10.0. The molecule has 0 atom stereocenters. The van der Waals surface area contributed by atoms with Gasteiger partial charge in [0.05, 0.1) is 24.7 Å². The second-order valence-electron chi connectivity index (χ2n) is 7.80. The summed E-state index contributed by atoms with van der Waals surface area (Å²) in [6.45, 7) is 7.38. The van der Waals surface area contributed by atoms with Crippen LogP contribution in [0.15, 0.2) is 42.5 Å².